The van der Waals surface area contributed by atoms with E-state index in [0.29, 0.717) is 0 Å². The minimum absolute atomic E-state index is 0.0585. The van der Waals surface area contributed by atoms with E-state index in [-0.39, 0.29) is 10.3 Å². The maximum absolute atomic E-state index is 12.3. The van der Waals surface area contributed by atoms with Gasteiger partial charge in [0.2, 0.25) is 0 Å². The maximum atomic E-state index is 12.3. The summed E-state index contributed by atoms with van der Waals surface area (Å²) in [5.41, 5.74) is -0.409. The molecule has 0 aliphatic heterocycles. The first-order chi connectivity index (χ1) is 7.41. The van der Waals surface area contributed by atoms with Crippen molar-refractivity contribution in [1.29, 1.82) is 0 Å². The Morgan fingerprint density at radius 1 is 1.38 bits per heavy atom. The Labute approximate surface area is 92.5 Å². The first kappa shape index (κ1) is 10.9. The molecule has 0 aliphatic carbocycles. The van der Waals surface area contributed by atoms with Gasteiger partial charge in [-0.15, -0.1) is 0 Å². The smallest absolute Gasteiger partial charge is 0.327 e. The summed E-state index contributed by atoms with van der Waals surface area (Å²) < 4.78 is 38.1. The summed E-state index contributed by atoms with van der Waals surface area (Å²) in [5.74, 6) is -1.92. The fraction of sp³-hybridized carbons (Fsp3) is 0.111. The van der Waals surface area contributed by atoms with Gasteiger partial charge < -0.3 is 4.98 Å². The summed E-state index contributed by atoms with van der Waals surface area (Å²) >= 11 is 4.80. The second-order valence-electron chi connectivity index (χ2n) is 3.09. The minimum atomic E-state index is -4.91. The number of halogens is 3. The number of nitrogens with zero attached hydrogens (tertiary/aromatic N) is 1. The summed E-state index contributed by atoms with van der Waals surface area (Å²) in [5, 5.41) is 0. The second kappa shape index (κ2) is 3.44. The summed E-state index contributed by atoms with van der Waals surface area (Å²) in [6.07, 6.45) is -3.42. The Hall–Kier alpha value is -1.63. The number of alkyl halides is 3. The quantitative estimate of drug-likeness (QED) is 0.620. The topological polar surface area (TPSA) is 37.3 Å². The zero-order valence-electron chi connectivity index (χ0n) is 7.71. The molecular weight excluding hydrogens is 241 g/mol. The number of H-pyrrole nitrogens is 1. The van der Waals surface area contributed by atoms with Crippen molar-refractivity contribution in [2.75, 3.05) is 0 Å². The van der Waals surface area contributed by atoms with Gasteiger partial charge in [-0.05, 0) is 24.4 Å². The molecule has 2 heterocycles. The molecule has 0 bridgehead atoms. The van der Waals surface area contributed by atoms with Gasteiger partial charge in [0.15, 0.2) is 4.77 Å². The van der Waals surface area contributed by atoms with Crippen molar-refractivity contribution in [3.63, 3.8) is 0 Å². The number of nitrogens with one attached hydrogen (secondary N) is 1. The fourth-order valence-corrected chi connectivity index (χ4v) is 1.63. The molecule has 0 amide bonds. The molecule has 7 heteroatoms. The number of Topliss-reactive ketones (excluding diaryl/α,β-unsaturated/α-hetero) is 1. The Kier molecular flexibility index (Phi) is 2.34. The lowest BCUT2D eigenvalue weighted by molar-refractivity contribution is -0.0887. The van der Waals surface area contributed by atoms with Gasteiger partial charge in [0.05, 0.1) is 5.52 Å². The highest BCUT2D eigenvalue weighted by Crippen LogP contribution is 2.23. The SMILES string of the molecule is O=C(c1[nH]c(=S)n2ccccc12)C(F)(F)F. The van der Waals surface area contributed by atoms with Gasteiger partial charge in [-0.1, -0.05) is 6.07 Å². The van der Waals surface area contributed by atoms with E-state index in [9.17, 15) is 18.0 Å². The van der Waals surface area contributed by atoms with E-state index in [1.165, 1.54) is 22.7 Å². The van der Waals surface area contributed by atoms with E-state index < -0.39 is 17.7 Å². The molecule has 0 aliphatic rings. The molecule has 2 rings (SSSR count). The summed E-state index contributed by atoms with van der Waals surface area (Å²) in [6, 6.07) is 4.54. The predicted molar refractivity (Wildman–Crippen MR) is 53.0 cm³/mol. The summed E-state index contributed by atoms with van der Waals surface area (Å²) in [6.45, 7) is 0. The minimum Gasteiger partial charge on any atom is -0.327 e. The number of carbonyl (C=O) groups is 1. The van der Waals surface area contributed by atoms with Crippen molar-refractivity contribution in [2.24, 2.45) is 0 Å². The van der Waals surface area contributed by atoms with Crippen molar-refractivity contribution in [1.82, 2.24) is 9.38 Å². The Bertz CT molecular complexity index is 611. The van der Waals surface area contributed by atoms with Crippen molar-refractivity contribution in [2.45, 2.75) is 6.18 Å². The number of fused-ring (bicyclic) bond motifs is 1. The third kappa shape index (κ3) is 1.63. The molecule has 0 radical (unpaired) electrons. The lowest BCUT2D eigenvalue weighted by Gasteiger charge is -2.02. The molecule has 0 unspecified atom stereocenters. The van der Waals surface area contributed by atoms with E-state index in [0.717, 1.165) is 0 Å². The van der Waals surface area contributed by atoms with Crippen molar-refractivity contribution in [3.05, 3.63) is 34.9 Å². The van der Waals surface area contributed by atoms with E-state index in [1.807, 2.05) is 0 Å². The summed E-state index contributed by atoms with van der Waals surface area (Å²) in [4.78, 5) is 13.3. The largest absolute Gasteiger partial charge is 0.456 e. The highest BCUT2D eigenvalue weighted by molar-refractivity contribution is 7.71. The molecule has 16 heavy (non-hydrogen) atoms. The Morgan fingerprint density at radius 3 is 2.69 bits per heavy atom. The van der Waals surface area contributed by atoms with Crippen LogP contribution in [-0.2, 0) is 0 Å². The van der Waals surface area contributed by atoms with Crippen LogP contribution in [0.5, 0.6) is 0 Å². The number of pyridine rings is 1. The number of hydrogen-bond donors (Lipinski definition) is 1. The third-order valence-corrected chi connectivity index (χ3v) is 2.35. The number of ketones is 1. The van der Waals surface area contributed by atoms with Gasteiger partial charge in [0.1, 0.15) is 5.69 Å². The standard InChI is InChI=1S/C9H5F3N2OS/c10-9(11,12)7(15)6-5-3-1-2-4-14(5)8(16)13-6/h1-4H,(H,13,16). The molecule has 0 fully saturated rings. The molecule has 0 saturated carbocycles. The molecule has 0 spiro atoms. The zero-order valence-corrected chi connectivity index (χ0v) is 8.52. The van der Waals surface area contributed by atoms with E-state index in [2.05, 4.69) is 4.98 Å². The monoisotopic (exact) mass is 246 g/mol. The number of aromatic amines is 1. The van der Waals surface area contributed by atoms with E-state index in [1.54, 1.807) is 6.07 Å². The highest BCUT2D eigenvalue weighted by atomic mass is 32.1. The van der Waals surface area contributed by atoms with Crippen LogP contribution >= 0.6 is 12.2 Å². The van der Waals surface area contributed by atoms with Crippen LogP contribution in [0, 0.1) is 4.77 Å². The lowest BCUT2D eigenvalue weighted by atomic mass is 10.2. The summed E-state index contributed by atoms with van der Waals surface area (Å²) in [7, 11) is 0. The van der Waals surface area contributed by atoms with Crippen LogP contribution in [0.2, 0.25) is 0 Å². The molecule has 0 atom stereocenters. The van der Waals surface area contributed by atoms with Crippen LogP contribution in [0.1, 0.15) is 10.5 Å². The van der Waals surface area contributed by atoms with Gasteiger partial charge in [-0.2, -0.15) is 13.2 Å². The molecule has 2 aromatic heterocycles. The molecule has 1 N–H and O–H groups in total. The second-order valence-corrected chi connectivity index (χ2v) is 3.47. The third-order valence-electron chi connectivity index (χ3n) is 2.05. The van der Waals surface area contributed by atoms with Gasteiger partial charge in [-0.25, -0.2) is 0 Å². The number of imidazole rings is 1. The molecule has 0 aromatic carbocycles. The van der Waals surface area contributed by atoms with Crippen molar-refractivity contribution in [3.8, 4) is 0 Å². The van der Waals surface area contributed by atoms with Gasteiger partial charge >= 0.3 is 6.18 Å². The number of aromatic nitrogens is 2. The van der Waals surface area contributed by atoms with Crippen LogP contribution in [0.4, 0.5) is 13.2 Å². The molecule has 2 aromatic rings. The molecule has 84 valence electrons. The molecule has 3 nitrogen and oxygen atoms in total. The normalized spacial score (nSPS) is 11.9. The highest BCUT2D eigenvalue weighted by Gasteiger charge is 2.41. The number of rotatable bonds is 1. The average molecular weight is 246 g/mol. The van der Waals surface area contributed by atoms with Crippen molar-refractivity contribution < 1.29 is 18.0 Å². The van der Waals surface area contributed by atoms with Gasteiger partial charge in [0.25, 0.3) is 5.78 Å². The van der Waals surface area contributed by atoms with Crippen LogP contribution in [0.15, 0.2) is 24.4 Å². The van der Waals surface area contributed by atoms with Gasteiger partial charge in [0, 0.05) is 6.20 Å². The number of carbonyl (C=O) groups excluding carboxylic acids is 1. The maximum Gasteiger partial charge on any atom is 0.456 e. The fourth-order valence-electron chi connectivity index (χ4n) is 1.37. The molecular formula is C9H5F3N2OS. The van der Waals surface area contributed by atoms with Gasteiger partial charge in [-0.3, -0.25) is 9.20 Å². The lowest BCUT2D eigenvalue weighted by Crippen LogP contribution is -2.23. The van der Waals surface area contributed by atoms with E-state index >= 15 is 0 Å². The Balaban J connectivity index is 2.72. The van der Waals surface area contributed by atoms with Crippen LogP contribution in [-0.4, -0.2) is 21.3 Å². The first-order valence-corrected chi connectivity index (χ1v) is 4.63. The zero-order chi connectivity index (χ0) is 11.9. The average Bonchev–Trinajstić information content (AvgIpc) is 2.55. The van der Waals surface area contributed by atoms with Crippen LogP contribution in [0.3, 0.4) is 0 Å². The van der Waals surface area contributed by atoms with E-state index in [4.69, 9.17) is 12.2 Å². The van der Waals surface area contributed by atoms with Crippen LogP contribution in [0.25, 0.3) is 5.52 Å². The first-order valence-electron chi connectivity index (χ1n) is 4.22. The number of hydrogen-bond acceptors (Lipinski definition) is 2. The molecule has 0 saturated heterocycles. The van der Waals surface area contributed by atoms with Crippen molar-refractivity contribution >= 4 is 23.5 Å². The Morgan fingerprint density at radius 2 is 2.06 bits per heavy atom. The van der Waals surface area contributed by atoms with Crippen LogP contribution < -0.4 is 0 Å². The predicted octanol–water partition coefficient (Wildman–Crippen LogP) is 2.74.